The maximum absolute atomic E-state index is 14.7. The molecule has 7 rings (SSSR count). The highest BCUT2D eigenvalue weighted by molar-refractivity contribution is 6.39. The van der Waals surface area contributed by atoms with Crippen molar-refractivity contribution in [3.8, 4) is 0 Å². The molecule has 3 saturated heterocycles. The number of aromatic nitrogens is 2. The van der Waals surface area contributed by atoms with Crippen LogP contribution in [0.1, 0.15) is 130 Å². The average molecular weight is 1230 g/mol. The van der Waals surface area contributed by atoms with Crippen molar-refractivity contribution < 1.29 is 77.2 Å². The van der Waals surface area contributed by atoms with Gasteiger partial charge in [0.15, 0.2) is 5.78 Å². The summed E-state index contributed by atoms with van der Waals surface area (Å²) in [4.78, 5) is 102. The van der Waals surface area contributed by atoms with Crippen molar-refractivity contribution in [2.75, 3.05) is 85.4 Å². The zero-order valence-corrected chi connectivity index (χ0v) is 53.3. The molecule has 88 heavy (non-hydrogen) atoms. The molecule has 1 aromatic rings. The number of piperidine rings is 1. The number of carbonyl (C=O) groups excluding carboxylic acids is 6. The van der Waals surface area contributed by atoms with E-state index in [-0.39, 0.29) is 49.6 Å². The van der Waals surface area contributed by atoms with E-state index in [9.17, 15) is 44.1 Å². The number of nitrogens with zero attached hydrogens (tertiary/aromatic N) is 6. The molecule has 0 unspecified atom stereocenters. The summed E-state index contributed by atoms with van der Waals surface area (Å²) in [5, 5.41) is 34.5. The first kappa shape index (κ1) is 70.1. The van der Waals surface area contributed by atoms with E-state index in [2.05, 4.69) is 14.8 Å². The number of methoxy groups -OCH3 is 3. The lowest BCUT2D eigenvalue weighted by atomic mass is 9.80. The van der Waals surface area contributed by atoms with Crippen LogP contribution in [0.2, 0.25) is 0 Å². The van der Waals surface area contributed by atoms with Crippen molar-refractivity contribution in [1.82, 2.24) is 24.7 Å². The molecule has 23 nitrogen and oxygen atoms in total. The number of aliphatic hydroxyl groups is 3. The van der Waals surface area contributed by atoms with Gasteiger partial charge >= 0.3 is 12.1 Å². The third-order valence-electron chi connectivity index (χ3n) is 18.8. The molecule has 490 valence electrons. The largest absolute Gasteiger partial charge is 0.459 e. The number of piperazine rings is 1. The normalized spacial score (nSPS) is 34.9. The summed E-state index contributed by atoms with van der Waals surface area (Å²) in [6.45, 7) is 15.8. The molecule has 1 aliphatic carbocycles. The highest BCUT2D eigenvalue weighted by atomic mass is 16.6. The second-order valence-electron chi connectivity index (χ2n) is 25.4. The molecular formula is C65H99N7O16. The number of anilines is 1. The van der Waals surface area contributed by atoms with Crippen LogP contribution in [-0.2, 0) is 70.1 Å². The van der Waals surface area contributed by atoms with Crippen molar-refractivity contribution in [3.63, 3.8) is 0 Å². The molecule has 23 heteroatoms. The van der Waals surface area contributed by atoms with Crippen molar-refractivity contribution in [1.29, 1.82) is 0 Å². The Morgan fingerprint density at radius 1 is 0.841 bits per heavy atom. The number of ether oxygens (including phenoxy) is 7. The zero-order valence-electron chi connectivity index (χ0n) is 53.3. The van der Waals surface area contributed by atoms with Gasteiger partial charge in [0.25, 0.3) is 11.7 Å². The fourth-order valence-electron chi connectivity index (χ4n) is 13.0. The van der Waals surface area contributed by atoms with Gasteiger partial charge in [-0.25, -0.2) is 19.6 Å². The van der Waals surface area contributed by atoms with E-state index in [1.807, 2.05) is 44.2 Å². The number of hydrogen-bond donors (Lipinski definition) is 4. The second-order valence-corrected chi connectivity index (χ2v) is 25.4. The Hall–Kier alpha value is -5.34. The molecule has 6 aliphatic rings. The van der Waals surface area contributed by atoms with Gasteiger partial charge in [0.05, 0.1) is 50.5 Å². The van der Waals surface area contributed by atoms with Crippen LogP contribution in [0.15, 0.2) is 53.8 Å². The number of nitrogens with two attached hydrogens (primary N) is 1. The Kier molecular flexibility index (Phi) is 26.4. The van der Waals surface area contributed by atoms with Crippen LogP contribution in [0.4, 0.5) is 10.7 Å². The Balaban J connectivity index is 1.05. The standard InChI is InChI=1S/C65H99N7O16/c1-40-15-11-10-12-16-41(2)54(83-8)35-48-20-18-45(6)65(81,88-48)60(77)61(78)72-23-14-13-17-51(72)62(79)86-55(36-52(73)42(3)32-44(5)58(75)59(76)57(74)43(4)31-40)49(66)33-46-19-21-53(56(34-46)84-9)87-64(80)71-24-22-50-47(38-71)37-67-63(68-50)70-27-25-69(26-28-70)39-85-30-29-82-7/h10-12,15-16,32,37,40,42-43,45-46,48-49,51,53-56,58-59,75-76,81H,13-14,17-31,33-36,38-39,66H2,1-9H3/b12-10+,15-11+,41-16+,44-32+/t40-,42-,43-,45-,46+,48+,49-,51+,53-,54+,55+,56-,58-,59+,65-/m1/s1. The molecule has 0 spiro atoms. The van der Waals surface area contributed by atoms with E-state index in [4.69, 9.17) is 43.9 Å². The van der Waals surface area contributed by atoms with Crippen LogP contribution in [0.5, 0.6) is 0 Å². The van der Waals surface area contributed by atoms with Crippen LogP contribution in [-0.4, -0.2) is 216 Å². The molecule has 5 N–H and O–H groups in total. The highest BCUT2D eigenvalue weighted by Gasteiger charge is 2.53. The molecule has 0 radical (unpaired) electrons. The summed E-state index contributed by atoms with van der Waals surface area (Å²) in [7, 11) is 4.76. The minimum absolute atomic E-state index is 0.0143. The van der Waals surface area contributed by atoms with Gasteiger partial charge in [-0.2, -0.15) is 0 Å². The summed E-state index contributed by atoms with van der Waals surface area (Å²) in [6, 6.07) is -2.21. The van der Waals surface area contributed by atoms with Crippen LogP contribution < -0.4 is 10.6 Å². The Morgan fingerprint density at radius 3 is 2.33 bits per heavy atom. The molecule has 1 aromatic heterocycles. The van der Waals surface area contributed by atoms with E-state index in [0.717, 1.165) is 47.9 Å². The molecule has 2 bridgehead atoms. The number of carbonyl (C=O) groups is 6. The van der Waals surface area contributed by atoms with Gasteiger partial charge in [-0.15, -0.1) is 0 Å². The summed E-state index contributed by atoms with van der Waals surface area (Å²) in [5.74, 6) is -8.45. The van der Waals surface area contributed by atoms with E-state index >= 15 is 0 Å². The van der Waals surface area contributed by atoms with E-state index in [1.54, 1.807) is 53.2 Å². The van der Waals surface area contributed by atoms with Gasteiger partial charge in [-0.3, -0.25) is 24.1 Å². The Morgan fingerprint density at radius 2 is 1.60 bits per heavy atom. The smallest absolute Gasteiger partial charge is 0.410 e. The molecule has 1 saturated carbocycles. The van der Waals surface area contributed by atoms with Crippen LogP contribution >= 0.6 is 0 Å². The first-order valence-electron chi connectivity index (χ1n) is 31.8. The predicted octanol–water partition coefficient (Wildman–Crippen LogP) is 4.95. The molecule has 2 amide bonds. The van der Waals surface area contributed by atoms with E-state index in [1.165, 1.54) is 13.0 Å². The monoisotopic (exact) mass is 1230 g/mol. The van der Waals surface area contributed by atoms with Crippen molar-refractivity contribution in [3.05, 3.63) is 65.1 Å². The summed E-state index contributed by atoms with van der Waals surface area (Å²) < 4.78 is 41.2. The first-order chi connectivity index (χ1) is 42.0. The first-order valence-corrected chi connectivity index (χ1v) is 31.8. The Labute approximate surface area is 519 Å². The maximum Gasteiger partial charge on any atom is 0.410 e. The topological polar surface area (TPSA) is 292 Å². The number of hydrogen-bond acceptors (Lipinski definition) is 21. The van der Waals surface area contributed by atoms with Crippen LogP contribution in [0.3, 0.4) is 0 Å². The fourth-order valence-corrected chi connectivity index (χ4v) is 13.0. The van der Waals surface area contributed by atoms with Gasteiger partial charge in [0, 0.05) is 115 Å². The number of allylic oxidation sites excluding steroid dienone is 6. The predicted molar refractivity (Wildman–Crippen MR) is 326 cm³/mol. The molecule has 15 atom stereocenters. The average Bonchev–Trinajstić information content (AvgIpc) is 1.31. The molecular weight excluding hydrogens is 1130 g/mol. The minimum Gasteiger partial charge on any atom is -0.459 e. The lowest BCUT2D eigenvalue weighted by Gasteiger charge is -2.42. The highest BCUT2D eigenvalue weighted by Crippen LogP contribution is 2.38. The number of fused-ring (bicyclic) bond motifs is 4. The summed E-state index contributed by atoms with van der Waals surface area (Å²) >= 11 is 0. The third-order valence-corrected chi connectivity index (χ3v) is 18.8. The van der Waals surface area contributed by atoms with Crippen molar-refractivity contribution >= 4 is 41.3 Å². The summed E-state index contributed by atoms with van der Waals surface area (Å²) in [5.41, 5.74) is 9.83. The fraction of sp³-hybridized carbons (Fsp3) is 0.723. The van der Waals surface area contributed by atoms with Gasteiger partial charge in [-0.1, -0.05) is 64.2 Å². The second kappa shape index (κ2) is 33.1. The summed E-state index contributed by atoms with van der Waals surface area (Å²) in [6.07, 6.45) is 9.75. The number of rotatable bonds is 12. The van der Waals surface area contributed by atoms with E-state index in [0.29, 0.717) is 96.8 Å². The SMILES string of the molecule is COCCOCN1CCN(c2ncc3c(n2)CCN(C(=O)O[C@@H]2CC[C@@H](C[C@@H](N)[C@@H]4CC(=O)[C@H](C)/C=C(\C)[C@@H](O)[C@@H](O)C(=O)[C@H](C)C[C@H](C)/C=C/C=C/C=C(\C)[C@@H](OC)C[C@@H]5CC[C@@H](C)[C@@](O)(O5)C(=O)C(=O)N5CCCC[C@H]5C(=O)O4)C[C@H]2OC)C3)CC1. The van der Waals surface area contributed by atoms with Gasteiger partial charge < -0.3 is 68.9 Å². The van der Waals surface area contributed by atoms with E-state index < -0.39 is 114 Å². The van der Waals surface area contributed by atoms with Gasteiger partial charge in [0.1, 0.15) is 36.2 Å². The van der Waals surface area contributed by atoms with Gasteiger partial charge in [0.2, 0.25) is 11.7 Å². The lowest BCUT2D eigenvalue weighted by Crippen LogP contribution is -2.61. The number of ketones is 3. The lowest BCUT2D eigenvalue weighted by molar-refractivity contribution is -0.265. The molecule has 6 heterocycles. The van der Waals surface area contributed by atoms with Gasteiger partial charge in [-0.05, 0) is 101 Å². The molecule has 4 fully saturated rings. The zero-order chi connectivity index (χ0) is 63.8. The molecule has 0 aromatic carbocycles. The quantitative estimate of drug-likeness (QED) is 0.0931. The maximum atomic E-state index is 14.7. The number of Topliss-reactive ketones (excluding diaryl/α,β-unsaturated/α-hetero) is 3. The number of aliphatic hydroxyl groups excluding tert-OH is 2. The van der Waals surface area contributed by atoms with Crippen molar-refractivity contribution in [2.45, 2.75) is 192 Å². The third kappa shape index (κ3) is 18.4. The van der Waals surface area contributed by atoms with Crippen LogP contribution in [0.25, 0.3) is 0 Å². The number of cyclic esters (lactones) is 1. The molecule has 5 aliphatic heterocycles. The Bertz CT molecular complexity index is 2660. The van der Waals surface area contributed by atoms with Crippen LogP contribution in [0, 0.1) is 29.6 Å². The van der Waals surface area contributed by atoms with Crippen molar-refractivity contribution in [2.24, 2.45) is 35.3 Å². The number of esters is 1. The minimum atomic E-state index is -2.49. The number of amides is 2.